The highest BCUT2D eigenvalue weighted by Gasteiger charge is 2.38. The number of rotatable bonds is 9. The number of esters is 1. The van der Waals surface area contributed by atoms with Crippen molar-refractivity contribution >= 4 is 17.3 Å². The van der Waals surface area contributed by atoms with Crippen LogP contribution in [0.3, 0.4) is 0 Å². The normalized spacial score (nSPS) is 20.1. The molecule has 0 spiro atoms. The summed E-state index contributed by atoms with van der Waals surface area (Å²) < 4.78 is 24.9. The summed E-state index contributed by atoms with van der Waals surface area (Å²) in [6.07, 6.45) is 7.47. The molecule has 1 fully saturated rings. The molecule has 172 valence electrons. The van der Waals surface area contributed by atoms with Crippen molar-refractivity contribution in [1.82, 2.24) is 4.90 Å². The number of Topliss-reactive ketones (excluding diaryl/α,β-unsaturated/α-hetero) is 1. The van der Waals surface area contributed by atoms with E-state index in [-0.39, 0.29) is 30.0 Å². The van der Waals surface area contributed by atoms with Gasteiger partial charge in [-0.1, -0.05) is 12.1 Å². The van der Waals surface area contributed by atoms with Gasteiger partial charge < -0.3 is 14.4 Å². The van der Waals surface area contributed by atoms with Crippen LogP contribution in [0.2, 0.25) is 0 Å². The number of carbonyl (C=O) groups excluding carboxylic acids is 2. The van der Waals surface area contributed by atoms with Crippen LogP contribution < -0.4 is 0 Å². The summed E-state index contributed by atoms with van der Waals surface area (Å²) in [6, 6.07) is 8.79. The molecule has 1 heterocycles. The van der Waals surface area contributed by atoms with E-state index in [1.165, 1.54) is 19.1 Å². The molecule has 0 bridgehead atoms. The Morgan fingerprint density at radius 1 is 1.24 bits per heavy atom. The third-order valence-electron chi connectivity index (χ3n) is 5.96. The summed E-state index contributed by atoms with van der Waals surface area (Å²) in [4.78, 5) is 25.6. The van der Waals surface area contributed by atoms with E-state index in [9.17, 15) is 19.2 Å². The lowest BCUT2D eigenvalue weighted by molar-refractivity contribution is -0.141. The standard InChI is InChI=1S/C26H27FN2O4/c1-17(30)32-10-3-2-4-11-33-25-14-22-19(13-24(25)31)16-29(21-8-9-21)23(15-28)26(22)18-6-5-7-20(27)12-18/h5-7,12,14,16,21,25H,2-4,8-11,13H2,1H3. The molecule has 0 saturated heterocycles. The number of ketones is 1. The molecular weight excluding hydrogens is 423 g/mol. The van der Waals surface area contributed by atoms with Gasteiger partial charge in [0.1, 0.15) is 23.7 Å². The van der Waals surface area contributed by atoms with Crippen molar-refractivity contribution in [3.05, 3.63) is 64.8 Å². The number of fused-ring (bicyclic) bond motifs is 1. The third-order valence-corrected chi connectivity index (χ3v) is 5.96. The summed E-state index contributed by atoms with van der Waals surface area (Å²) in [5, 5.41) is 10.00. The Bertz CT molecular complexity index is 1080. The number of hydrogen-bond acceptors (Lipinski definition) is 6. The summed E-state index contributed by atoms with van der Waals surface area (Å²) in [7, 11) is 0. The van der Waals surface area contributed by atoms with Gasteiger partial charge in [0.15, 0.2) is 5.78 Å². The average Bonchev–Trinajstić information content (AvgIpc) is 3.62. The van der Waals surface area contributed by atoms with Crippen LogP contribution >= 0.6 is 0 Å². The summed E-state index contributed by atoms with van der Waals surface area (Å²) >= 11 is 0. The van der Waals surface area contributed by atoms with Crippen LogP contribution in [0, 0.1) is 17.1 Å². The van der Waals surface area contributed by atoms with E-state index in [4.69, 9.17) is 9.47 Å². The van der Waals surface area contributed by atoms with Gasteiger partial charge in [-0.3, -0.25) is 9.59 Å². The summed E-state index contributed by atoms with van der Waals surface area (Å²) in [5.74, 6) is -0.693. The van der Waals surface area contributed by atoms with Gasteiger partial charge in [-0.2, -0.15) is 5.26 Å². The fourth-order valence-electron chi connectivity index (χ4n) is 4.22. The van der Waals surface area contributed by atoms with E-state index in [1.54, 1.807) is 18.2 Å². The van der Waals surface area contributed by atoms with Gasteiger partial charge in [0.2, 0.25) is 0 Å². The van der Waals surface area contributed by atoms with E-state index >= 15 is 0 Å². The number of benzene rings is 1. The number of allylic oxidation sites excluding steroid dienone is 4. The van der Waals surface area contributed by atoms with Crippen molar-refractivity contribution in [2.45, 2.75) is 57.6 Å². The Morgan fingerprint density at radius 2 is 2.03 bits per heavy atom. The molecule has 1 aliphatic heterocycles. The van der Waals surface area contributed by atoms with Gasteiger partial charge in [-0.15, -0.1) is 0 Å². The Balaban J connectivity index is 1.54. The Kier molecular flexibility index (Phi) is 7.05. The molecule has 33 heavy (non-hydrogen) atoms. The first kappa shape index (κ1) is 22.9. The van der Waals surface area contributed by atoms with Gasteiger partial charge in [-0.25, -0.2) is 4.39 Å². The Morgan fingerprint density at radius 3 is 2.73 bits per heavy atom. The molecule has 4 rings (SSSR count). The van der Waals surface area contributed by atoms with Crippen LogP contribution in [0.15, 0.2) is 53.4 Å². The van der Waals surface area contributed by atoms with E-state index in [1.807, 2.05) is 11.1 Å². The Labute approximate surface area is 193 Å². The number of ether oxygens (including phenoxy) is 2. The van der Waals surface area contributed by atoms with Crippen LogP contribution in [0.25, 0.3) is 5.57 Å². The zero-order valence-corrected chi connectivity index (χ0v) is 18.7. The van der Waals surface area contributed by atoms with Gasteiger partial charge >= 0.3 is 5.97 Å². The molecule has 1 unspecified atom stereocenters. The number of nitriles is 1. The minimum absolute atomic E-state index is 0.0281. The molecule has 1 saturated carbocycles. The first-order chi connectivity index (χ1) is 16.0. The number of unbranched alkanes of at least 4 members (excludes halogenated alkanes) is 2. The molecule has 1 aromatic carbocycles. The molecule has 2 aliphatic carbocycles. The molecule has 0 aromatic heterocycles. The van der Waals surface area contributed by atoms with Crippen molar-refractivity contribution in [2.24, 2.45) is 0 Å². The molecule has 1 aromatic rings. The van der Waals surface area contributed by atoms with Crippen LogP contribution in [0.5, 0.6) is 0 Å². The van der Waals surface area contributed by atoms with Crippen molar-refractivity contribution in [1.29, 1.82) is 5.26 Å². The zero-order valence-electron chi connectivity index (χ0n) is 18.7. The van der Waals surface area contributed by atoms with E-state index < -0.39 is 6.10 Å². The summed E-state index contributed by atoms with van der Waals surface area (Å²) in [6.45, 7) is 2.16. The second-order valence-corrected chi connectivity index (χ2v) is 8.55. The van der Waals surface area contributed by atoms with E-state index in [2.05, 4.69) is 6.07 Å². The van der Waals surface area contributed by atoms with Crippen LogP contribution in [-0.2, 0) is 19.1 Å². The quantitative estimate of drug-likeness (QED) is 0.409. The second kappa shape index (κ2) is 10.1. The number of carbonyl (C=O) groups is 2. The minimum atomic E-state index is -0.707. The number of hydrogen-bond donors (Lipinski definition) is 0. The second-order valence-electron chi connectivity index (χ2n) is 8.55. The molecule has 3 aliphatic rings. The molecule has 0 radical (unpaired) electrons. The lowest BCUT2D eigenvalue weighted by atomic mass is 9.81. The van der Waals surface area contributed by atoms with Gasteiger partial charge in [0.05, 0.1) is 6.61 Å². The monoisotopic (exact) mass is 450 g/mol. The molecule has 0 N–H and O–H groups in total. The number of nitrogens with zero attached hydrogens (tertiary/aromatic N) is 2. The first-order valence-corrected chi connectivity index (χ1v) is 11.4. The summed E-state index contributed by atoms with van der Waals surface area (Å²) in [5.41, 5.74) is 3.37. The molecule has 1 atom stereocenters. The lowest BCUT2D eigenvalue weighted by Gasteiger charge is -2.34. The average molecular weight is 451 g/mol. The maximum Gasteiger partial charge on any atom is 0.302 e. The molecule has 6 nitrogen and oxygen atoms in total. The van der Waals surface area contributed by atoms with Crippen LogP contribution in [0.4, 0.5) is 4.39 Å². The first-order valence-electron chi connectivity index (χ1n) is 11.4. The van der Waals surface area contributed by atoms with Crippen molar-refractivity contribution in [3.63, 3.8) is 0 Å². The highest BCUT2D eigenvalue weighted by molar-refractivity contribution is 5.98. The van der Waals surface area contributed by atoms with Gasteiger partial charge in [0, 0.05) is 37.8 Å². The maximum atomic E-state index is 14.1. The zero-order chi connectivity index (χ0) is 23.4. The highest BCUT2D eigenvalue weighted by atomic mass is 19.1. The van der Waals surface area contributed by atoms with Crippen molar-refractivity contribution in [3.8, 4) is 6.07 Å². The van der Waals surface area contributed by atoms with Gasteiger partial charge in [-0.05, 0) is 67.0 Å². The van der Waals surface area contributed by atoms with Crippen LogP contribution in [0.1, 0.15) is 51.0 Å². The SMILES string of the molecule is CC(=O)OCCCCCOC1C=C2C(=CN(C3CC3)C(C#N)=C2c2cccc(F)c2)CC1=O. The fraction of sp³-hybridized carbons (Fsp3) is 0.423. The Hall–Kier alpha value is -3.24. The maximum absolute atomic E-state index is 14.1. The van der Waals surface area contributed by atoms with E-state index in [0.717, 1.165) is 43.3 Å². The number of halogens is 1. The van der Waals surface area contributed by atoms with Crippen molar-refractivity contribution < 1.29 is 23.5 Å². The van der Waals surface area contributed by atoms with Crippen molar-refractivity contribution in [2.75, 3.05) is 13.2 Å². The third kappa shape index (κ3) is 5.40. The lowest BCUT2D eigenvalue weighted by Crippen LogP contribution is -2.32. The topological polar surface area (TPSA) is 79.6 Å². The van der Waals surface area contributed by atoms with Gasteiger partial charge in [0.25, 0.3) is 0 Å². The molecule has 0 amide bonds. The predicted octanol–water partition coefficient (Wildman–Crippen LogP) is 4.44. The minimum Gasteiger partial charge on any atom is -0.466 e. The molecule has 7 heteroatoms. The van der Waals surface area contributed by atoms with Crippen LogP contribution in [-0.4, -0.2) is 42.0 Å². The van der Waals surface area contributed by atoms with E-state index in [0.29, 0.717) is 30.0 Å². The molecular formula is C26H27FN2O4. The largest absolute Gasteiger partial charge is 0.466 e. The smallest absolute Gasteiger partial charge is 0.302 e. The fourth-order valence-corrected chi connectivity index (χ4v) is 4.22. The highest BCUT2D eigenvalue weighted by Crippen LogP contribution is 2.44. The predicted molar refractivity (Wildman–Crippen MR) is 120 cm³/mol.